The Bertz CT molecular complexity index is 779. The van der Waals surface area contributed by atoms with Crippen LogP contribution < -0.4 is 11.1 Å². The number of nitrogens with one attached hydrogen (secondary N) is 1. The second kappa shape index (κ2) is 5.88. The summed E-state index contributed by atoms with van der Waals surface area (Å²) in [6, 6.07) is 10.0. The molecule has 0 spiro atoms. The Kier molecular flexibility index (Phi) is 3.79. The third-order valence-corrected chi connectivity index (χ3v) is 3.82. The smallest absolute Gasteiger partial charge is 0.270 e. The Morgan fingerprint density at radius 3 is 2.95 bits per heavy atom. The molecule has 2 aromatic heterocycles. The normalized spacial score (nSPS) is 10.7. The zero-order valence-corrected chi connectivity index (χ0v) is 12.1. The average molecular weight is 298 g/mol. The van der Waals surface area contributed by atoms with Gasteiger partial charge in [-0.05, 0) is 18.1 Å². The molecule has 21 heavy (non-hydrogen) atoms. The zero-order chi connectivity index (χ0) is 14.7. The summed E-state index contributed by atoms with van der Waals surface area (Å²) in [5, 5.41) is 6.01. The molecule has 0 atom stereocenters. The maximum Gasteiger partial charge on any atom is 0.270 e. The summed E-state index contributed by atoms with van der Waals surface area (Å²) in [5.74, 6) is -0.198. The van der Waals surface area contributed by atoms with Gasteiger partial charge >= 0.3 is 0 Å². The summed E-state index contributed by atoms with van der Waals surface area (Å²) >= 11 is 1.26. The number of carbonyl (C=O) groups is 1. The van der Waals surface area contributed by atoms with Crippen molar-refractivity contribution in [3.8, 4) is 0 Å². The van der Waals surface area contributed by atoms with Gasteiger partial charge in [-0.25, -0.2) is 4.98 Å². The molecule has 6 heteroatoms. The molecule has 0 unspecified atom stereocenters. The molecular formula is C15H14N4OS. The summed E-state index contributed by atoms with van der Waals surface area (Å²) < 4.78 is 0. The molecule has 0 aliphatic heterocycles. The Morgan fingerprint density at radius 2 is 2.14 bits per heavy atom. The maximum absolute atomic E-state index is 11.9. The first kappa shape index (κ1) is 13.5. The topological polar surface area (TPSA) is 80.9 Å². The fourth-order valence-corrected chi connectivity index (χ4v) is 2.71. The molecule has 0 radical (unpaired) electrons. The van der Waals surface area contributed by atoms with E-state index in [4.69, 9.17) is 5.73 Å². The van der Waals surface area contributed by atoms with Gasteiger partial charge in [0.25, 0.3) is 5.91 Å². The Hall–Kier alpha value is -2.47. The first-order valence-electron chi connectivity index (χ1n) is 6.56. The highest BCUT2D eigenvalue weighted by Gasteiger charge is 2.09. The second-order valence-electron chi connectivity index (χ2n) is 4.57. The van der Waals surface area contributed by atoms with Gasteiger partial charge in [0.1, 0.15) is 5.69 Å². The number of amides is 1. The van der Waals surface area contributed by atoms with Crippen molar-refractivity contribution in [1.82, 2.24) is 15.3 Å². The Morgan fingerprint density at radius 1 is 1.29 bits per heavy atom. The van der Waals surface area contributed by atoms with Crippen molar-refractivity contribution in [2.75, 3.05) is 12.3 Å². The van der Waals surface area contributed by atoms with Crippen molar-refractivity contribution in [2.24, 2.45) is 0 Å². The van der Waals surface area contributed by atoms with Crippen LogP contribution >= 0.6 is 11.3 Å². The summed E-state index contributed by atoms with van der Waals surface area (Å²) in [6.45, 7) is 0.534. The first-order chi connectivity index (χ1) is 10.2. The zero-order valence-electron chi connectivity index (χ0n) is 11.2. The number of carbonyl (C=O) groups excluding carboxylic acids is 1. The number of hydrogen-bond acceptors (Lipinski definition) is 5. The van der Waals surface area contributed by atoms with Crippen LogP contribution in [0, 0.1) is 0 Å². The molecule has 5 nitrogen and oxygen atoms in total. The third-order valence-electron chi connectivity index (χ3n) is 3.15. The van der Waals surface area contributed by atoms with Gasteiger partial charge in [-0.1, -0.05) is 24.3 Å². The molecule has 0 bridgehead atoms. The van der Waals surface area contributed by atoms with E-state index in [-0.39, 0.29) is 5.91 Å². The molecule has 106 valence electrons. The summed E-state index contributed by atoms with van der Waals surface area (Å²) in [4.78, 5) is 20.2. The van der Waals surface area contributed by atoms with E-state index in [0.29, 0.717) is 17.4 Å². The van der Waals surface area contributed by atoms with Gasteiger partial charge in [-0.2, -0.15) is 0 Å². The van der Waals surface area contributed by atoms with Crippen molar-refractivity contribution in [3.63, 3.8) is 0 Å². The van der Waals surface area contributed by atoms with Crippen LogP contribution in [-0.2, 0) is 6.42 Å². The van der Waals surface area contributed by atoms with Gasteiger partial charge in [0.2, 0.25) is 0 Å². The molecule has 3 aromatic rings. The van der Waals surface area contributed by atoms with Crippen LogP contribution in [0.2, 0.25) is 0 Å². The maximum atomic E-state index is 11.9. The van der Waals surface area contributed by atoms with E-state index in [0.717, 1.165) is 22.9 Å². The molecule has 3 N–H and O–H groups in total. The van der Waals surface area contributed by atoms with Gasteiger partial charge < -0.3 is 11.1 Å². The minimum absolute atomic E-state index is 0.198. The minimum Gasteiger partial charge on any atom is -0.375 e. The number of rotatable bonds is 4. The van der Waals surface area contributed by atoms with Crippen molar-refractivity contribution in [2.45, 2.75) is 6.42 Å². The lowest BCUT2D eigenvalue weighted by atomic mass is 10.1. The quantitative estimate of drug-likeness (QED) is 0.774. The fourth-order valence-electron chi connectivity index (χ4n) is 2.16. The number of nitrogens with zero attached hydrogens (tertiary/aromatic N) is 2. The number of anilines is 1. The summed E-state index contributed by atoms with van der Waals surface area (Å²) in [5.41, 5.74) is 7.98. The molecule has 0 saturated heterocycles. The van der Waals surface area contributed by atoms with Crippen LogP contribution in [-0.4, -0.2) is 22.4 Å². The molecule has 0 aliphatic rings. The first-order valence-corrected chi connectivity index (χ1v) is 7.44. The van der Waals surface area contributed by atoms with E-state index in [2.05, 4.69) is 15.3 Å². The van der Waals surface area contributed by atoms with Gasteiger partial charge in [0.15, 0.2) is 5.13 Å². The van der Waals surface area contributed by atoms with Crippen molar-refractivity contribution < 1.29 is 4.79 Å². The van der Waals surface area contributed by atoms with Gasteiger partial charge in [0.05, 0.1) is 5.52 Å². The predicted octanol–water partition coefficient (Wildman–Crippen LogP) is 2.25. The predicted molar refractivity (Wildman–Crippen MR) is 84.3 cm³/mol. The van der Waals surface area contributed by atoms with Crippen LogP contribution in [0.3, 0.4) is 0 Å². The Labute approximate surface area is 125 Å². The van der Waals surface area contributed by atoms with E-state index in [1.54, 1.807) is 11.6 Å². The molecule has 3 rings (SSSR count). The van der Waals surface area contributed by atoms with E-state index >= 15 is 0 Å². The van der Waals surface area contributed by atoms with Crippen LogP contribution in [0.5, 0.6) is 0 Å². The molecule has 1 aromatic carbocycles. The van der Waals surface area contributed by atoms with E-state index < -0.39 is 0 Å². The lowest BCUT2D eigenvalue weighted by Gasteiger charge is -2.06. The SMILES string of the molecule is Nc1nc(C(=O)NCCc2cccc3cccnc23)cs1. The molecule has 1 amide bonds. The van der Waals surface area contributed by atoms with Gasteiger partial charge in [-0.3, -0.25) is 9.78 Å². The number of thiazole rings is 1. The summed E-state index contributed by atoms with van der Waals surface area (Å²) in [7, 11) is 0. The van der Waals surface area contributed by atoms with E-state index in [1.807, 2.05) is 30.3 Å². The van der Waals surface area contributed by atoms with Crippen LogP contribution in [0.1, 0.15) is 16.1 Å². The van der Waals surface area contributed by atoms with E-state index in [9.17, 15) is 4.79 Å². The highest BCUT2D eigenvalue weighted by Crippen LogP contribution is 2.16. The van der Waals surface area contributed by atoms with Crippen molar-refractivity contribution in [1.29, 1.82) is 0 Å². The average Bonchev–Trinajstić information content (AvgIpc) is 2.94. The van der Waals surface area contributed by atoms with Crippen molar-refractivity contribution in [3.05, 3.63) is 53.2 Å². The number of aromatic nitrogens is 2. The largest absolute Gasteiger partial charge is 0.375 e. The lowest BCUT2D eigenvalue weighted by Crippen LogP contribution is -2.26. The number of hydrogen-bond donors (Lipinski definition) is 2. The molecule has 2 heterocycles. The van der Waals surface area contributed by atoms with Gasteiger partial charge in [-0.15, -0.1) is 11.3 Å². The van der Waals surface area contributed by atoms with E-state index in [1.165, 1.54) is 11.3 Å². The second-order valence-corrected chi connectivity index (χ2v) is 5.46. The number of pyridine rings is 1. The molecule has 0 fully saturated rings. The third kappa shape index (κ3) is 3.00. The number of nitrogens with two attached hydrogens (primary N) is 1. The molecular weight excluding hydrogens is 284 g/mol. The lowest BCUT2D eigenvalue weighted by molar-refractivity contribution is 0.0950. The monoisotopic (exact) mass is 298 g/mol. The highest BCUT2D eigenvalue weighted by molar-refractivity contribution is 7.13. The number of nitrogen functional groups attached to an aromatic ring is 1. The highest BCUT2D eigenvalue weighted by atomic mass is 32.1. The molecule has 0 saturated carbocycles. The number of benzene rings is 1. The van der Waals surface area contributed by atoms with Crippen LogP contribution in [0.15, 0.2) is 41.9 Å². The summed E-state index contributed by atoms with van der Waals surface area (Å²) in [6.07, 6.45) is 2.50. The van der Waals surface area contributed by atoms with Crippen LogP contribution in [0.25, 0.3) is 10.9 Å². The minimum atomic E-state index is -0.198. The molecule has 0 aliphatic carbocycles. The van der Waals surface area contributed by atoms with Gasteiger partial charge in [0, 0.05) is 23.5 Å². The van der Waals surface area contributed by atoms with Crippen LogP contribution in [0.4, 0.5) is 5.13 Å². The Balaban J connectivity index is 1.66. The standard InChI is InChI=1S/C15H14N4OS/c16-15-19-12(9-21-15)14(20)18-8-6-11-4-1-3-10-5-2-7-17-13(10)11/h1-5,7,9H,6,8H2,(H2,16,19)(H,18,20). The number of para-hydroxylation sites is 1. The fraction of sp³-hybridized carbons (Fsp3) is 0.133. The van der Waals surface area contributed by atoms with Crippen molar-refractivity contribution >= 4 is 33.3 Å². The number of fused-ring (bicyclic) bond motifs is 1.